The molecule has 0 aliphatic heterocycles. The minimum absolute atomic E-state index is 0.874. The number of imidazole rings is 1. The van der Waals surface area contributed by atoms with Gasteiger partial charge in [-0.2, -0.15) is 0 Å². The highest BCUT2D eigenvalue weighted by molar-refractivity contribution is 9.10. The third-order valence-electron chi connectivity index (χ3n) is 6.17. The van der Waals surface area contributed by atoms with Gasteiger partial charge in [-0.25, -0.2) is 4.98 Å². The standard InChI is InChI=1S/C31H34BrN3/c1-2-3-21-35-30(24-33-31(35)28-16-8-5-9-17-28)25-34(22-19-26-12-6-4-7-13-26)20-11-15-27-14-10-18-29(32)23-27/h4-18,23-24H,2-3,19-22,25H2,1H3. The first-order valence-electron chi connectivity index (χ1n) is 12.5. The molecule has 0 saturated heterocycles. The van der Waals surface area contributed by atoms with Crippen LogP contribution in [0.3, 0.4) is 0 Å². The van der Waals surface area contributed by atoms with Crippen molar-refractivity contribution in [1.29, 1.82) is 0 Å². The Labute approximate surface area is 218 Å². The molecule has 3 nitrogen and oxygen atoms in total. The van der Waals surface area contributed by atoms with Crippen molar-refractivity contribution < 1.29 is 0 Å². The summed E-state index contributed by atoms with van der Waals surface area (Å²) in [5.74, 6) is 1.07. The monoisotopic (exact) mass is 527 g/mol. The second kappa shape index (κ2) is 13.2. The van der Waals surface area contributed by atoms with E-state index in [1.807, 2.05) is 0 Å². The summed E-state index contributed by atoms with van der Waals surface area (Å²) in [6, 6.07) is 29.7. The van der Waals surface area contributed by atoms with Crippen LogP contribution in [0, 0.1) is 0 Å². The summed E-state index contributed by atoms with van der Waals surface area (Å²) in [6.45, 7) is 6.00. The zero-order chi connectivity index (χ0) is 24.3. The number of nitrogens with zero attached hydrogens (tertiary/aromatic N) is 3. The molecule has 0 atom stereocenters. The van der Waals surface area contributed by atoms with Gasteiger partial charge in [0.25, 0.3) is 0 Å². The normalized spacial score (nSPS) is 11.5. The summed E-state index contributed by atoms with van der Waals surface area (Å²) in [6.07, 6.45) is 9.91. The van der Waals surface area contributed by atoms with Crippen LogP contribution in [0.4, 0.5) is 0 Å². The molecule has 3 aromatic carbocycles. The Kier molecular flexibility index (Phi) is 9.50. The summed E-state index contributed by atoms with van der Waals surface area (Å²) in [5, 5.41) is 0. The first-order valence-corrected chi connectivity index (χ1v) is 13.3. The summed E-state index contributed by atoms with van der Waals surface area (Å²) in [4.78, 5) is 7.38. The molecule has 180 valence electrons. The molecule has 1 aromatic heterocycles. The minimum atomic E-state index is 0.874. The molecule has 0 bridgehead atoms. The van der Waals surface area contributed by atoms with Gasteiger partial charge in [-0.3, -0.25) is 4.90 Å². The molecule has 0 fully saturated rings. The fraction of sp³-hybridized carbons (Fsp3) is 0.258. The SMILES string of the molecule is CCCCn1c(CN(CC=Cc2cccc(Br)c2)CCc2ccccc2)cnc1-c1ccccc1. The summed E-state index contributed by atoms with van der Waals surface area (Å²) < 4.78 is 3.53. The fourth-order valence-electron chi connectivity index (χ4n) is 4.26. The predicted molar refractivity (Wildman–Crippen MR) is 151 cm³/mol. The lowest BCUT2D eigenvalue weighted by atomic mass is 10.1. The van der Waals surface area contributed by atoms with Gasteiger partial charge in [0.1, 0.15) is 5.82 Å². The first kappa shape index (κ1) is 25.2. The Morgan fingerprint density at radius 3 is 2.46 bits per heavy atom. The molecule has 1 heterocycles. The lowest BCUT2D eigenvalue weighted by molar-refractivity contribution is 0.290. The van der Waals surface area contributed by atoms with Gasteiger partial charge < -0.3 is 4.57 Å². The van der Waals surface area contributed by atoms with Crippen LogP contribution in [0.15, 0.2) is 102 Å². The molecular formula is C31H34BrN3. The number of hydrogen-bond donors (Lipinski definition) is 0. The predicted octanol–water partition coefficient (Wildman–Crippen LogP) is 7.87. The van der Waals surface area contributed by atoms with E-state index in [9.17, 15) is 0 Å². The zero-order valence-electron chi connectivity index (χ0n) is 20.5. The Morgan fingerprint density at radius 2 is 1.71 bits per heavy atom. The topological polar surface area (TPSA) is 21.1 Å². The molecule has 0 unspecified atom stereocenters. The molecule has 0 aliphatic carbocycles. The van der Waals surface area contributed by atoms with Crippen LogP contribution in [-0.2, 0) is 19.5 Å². The van der Waals surface area contributed by atoms with Crippen LogP contribution >= 0.6 is 15.9 Å². The maximum Gasteiger partial charge on any atom is 0.140 e. The summed E-state index contributed by atoms with van der Waals surface area (Å²) in [5.41, 5.74) is 5.04. The fourth-order valence-corrected chi connectivity index (χ4v) is 4.68. The molecule has 35 heavy (non-hydrogen) atoms. The van der Waals surface area contributed by atoms with E-state index in [0.717, 1.165) is 49.3 Å². The highest BCUT2D eigenvalue weighted by atomic mass is 79.9. The molecule has 4 heteroatoms. The van der Waals surface area contributed by atoms with Crippen molar-refractivity contribution in [3.8, 4) is 11.4 Å². The van der Waals surface area contributed by atoms with Gasteiger partial charge in [0.15, 0.2) is 0 Å². The van der Waals surface area contributed by atoms with Gasteiger partial charge in [0.05, 0.1) is 11.9 Å². The molecule has 0 aliphatic rings. The Hall–Kier alpha value is -2.95. The molecule has 4 rings (SSSR count). The van der Waals surface area contributed by atoms with Gasteiger partial charge in [0, 0.05) is 36.2 Å². The summed E-state index contributed by atoms with van der Waals surface area (Å²) in [7, 11) is 0. The van der Waals surface area contributed by atoms with Crippen molar-refractivity contribution in [2.45, 2.75) is 39.3 Å². The Morgan fingerprint density at radius 1 is 0.943 bits per heavy atom. The van der Waals surface area contributed by atoms with Crippen molar-refractivity contribution in [2.24, 2.45) is 0 Å². The van der Waals surface area contributed by atoms with Crippen molar-refractivity contribution in [1.82, 2.24) is 14.5 Å². The molecule has 0 amide bonds. The van der Waals surface area contributed by atoms with Crippen LogP contribution in [0.2, 0.25) is 0 Å². The second-order valence-electron chi connectivity index (χ2n) is 8.87. The average molecular weight is 529 g/mol. The van der Waals surface area contributed by atoms with Gasteiger partial charge in [0.2, 0.25) is 0 Å². The third-order valence-corrected chi connectivity index (χ3v) is 6.67. The Balaban J connectivity index is 1.54. The average Bonchev–Trinajstić information content (AvgIpc) is 3.29. The van der Waals surface area contributed by atoms with Crippen LogP contribution in [0.5, 0.6) is 0 Å². The molecule has 0 radical (unpaired) electrons. The summed E-state index contributed by atoms with van der Waals surface area (Å²) >= 11 is 3.57. The van der Waals surface area contributed by atoms with E-state index in [-0.39, 0.29) is 0 Å². The number of rotatable bonds is 12. The van der Waals surface area contributed by atoms with E-state index in [2.05, 4.69) is 136 Å². The molecule has 0 saturated carbocycles. The minimum Gasteiger partial charge on any atom is -0.327 e. The van der Waals surface area contributed by atoms with Gasteiger partial charge >= 0.3 is 0 Å². The van der Waals surface area contributed by atoms with E-state index >= 15 is 0 Å². The van der Waals surface area contributed by atoms with E-state index in [1.165, 1.54) is 28.8 Å². The van der Waals surface area contributed by atoms with E-state index < -0.39 is 0 Å². The molecular weight excluding hydrogens is 494 g/mol. The third kappa shape index (κ3) is 7.51. The molecule has 0 spiro atoms. The number of halogens is 1. The van der Waals surface area contributed by atoms with E-state index in [1.54, 1.807) is 0 Å². The van der Waals surface area contributed by atoms with Crippen LogP contribution < -0.4 is 0 Å². The molecule has 0 N–H and O–H groups in total. The van der Waals surface area contributed by atoms with Gasteiger partial charge in [-0.1, -0.05) is 114 Å². The molecule has 4 aromatic rings. The smallest absolute Gasteiger partial charge is 0.140 e. The van der Waals surface area contributed by atoms with Crippen LogP contribution in [-0.4, -0.2) is 27.5 Å². The Bertz CT molecular complexity index is 1200. The first-order chi connectivity index (χ1) is 17.2. The van der Waals surface area contributed by atoms with Crippen LogP contribution in [0.25, 0.3) is 17.5 Å². The van der Waals surface area contributed by atoms with Crippen molar-refractivity contribution in [3.05, 3.63) is 118 Å². The zero-order valence-corrected chi connectivity index (χ0v) is 22.1. The number of hydrogen-bond acceptors (Lipinski definition) is 2. The lowest BCUT2D eigenvalue weighted by Crippen LogP contribution is -2.27. The lowest BCUT2D eigenvalue weighted by Gasteiger charge is -2.22. The van der Waals surface area contributed by atoms with Crippen LogP contribution in [0.1, 0.15) is 36.6 Å². The maximum atomic E-state index is 4.86. The van der Waals surface area contributed by atoms with Crippen molar-refractivity contribution in [2.75, 3.05) is 13.1 Å². The highest BCUT2D eigenvalue weighted by Crippen LogP contribution is 2.22. The van der Waals surface area contributed by atoms with Gasteiger partial charge in [-0.05, 0) is 36.1 Å². The van der Waals surface area contributed by atoms with Gasteiger partial charge in [-0.15, -0.1) is 0 Å². The maximum absolute atomic E-state index is 4.86. The van der Waals surface area contributed by atoms with Crippen molar-refractivity contribution in [3.63, 3.8) is 0 Å². The quantitative estimate of drug-likeness (QED) is 0.187. The second-order valence-corrected chi connectivity index (χ2v) is 9.79. The van der Waals surface area contributed by atoms with E-state index in [4.69, 9.17) is 4.98 Å². The largest absolute Gasteiger partial charge is 0.327 e. The highest BCUT2D eigenvalue weighted by Gasteiger charge is 2.14. The van der Waals surface area contributed by atoms with E-state index in [0.29, 0.717) is 0 Å². The number of unbranched alkanes of at least 4 members (excludes halogenated alkanes) is 1. The number of aromatic nitrogens is 2. The number of benzene rings is 3. The van der Waals surface area contributed by atoms with Crippen molar-refractivity contribution >= 4 is 22.0 Å².